The van der Waals surface area contributed by atoms with Gasteiger partial charge in [-0.2, -0.15) is 0 Å². The average Bonchev–Trinajstić information content (AvgIpc) is 2.99. The van der Waals surface area contributed by atoms with E-state index in [1.165, 1.54) is 11.3 Å². The van der Waals surface area contributed by atoms with Crippen LogP contribution in [0, 0.1) is 6.42 Å². The van der Waals surface area contributed by atoms with Gasteiger partial charge in [0.1, 0.15) is 16.9 Å². The lowest BCUT2D eigenvalue weighted by Gasteiger charge is -2.32. The molecule has 3 rings (SSSR count). The topological polar surface area (TPSA) is 127 Å². The number of primary amides is 2. The van der Waals surface area contributed by atoms with E-state index in [0.29, 0.717) is 22.5 Å². The summed E-state index contributed by atoms with van der Waals surface area (Å²) < 4.78 is 0. The summed E-state index contributed by atoms with van der Waals surface area (Å²) in [5, 5.41) is 4.07. The molecule has 1 saturated heterocycles. The van der Waals surface area contributed by atoms with E-state index in [9.17, 15) is 9.59 Å². The largest absolute Gasteiger partial charge is 0.368 e. The van der Waals surface area contributed by atoms with Gasteiger partial charge in [0.15, 0.2) is 10.8 Å². The van der Waals surface area contributed by atoms with E-state index in [0.717, 1.165) is 12.8 Å². The highest BCUT2D eigenvalue weighted by molar-refractivity contribution is 7.20. The second kappa shape index (κ2) is 6.83. The highest BCUT2D eigenvalue weighted by Crippen LogP contribution is 2.35. The summed E-state index contributed by atoms with van der Waals surface area (Å²) in [6.07, 6.45) is 5.20. The van der Waals surface area contributed by atoms with Crippen molar-refractivity contribution < 1.29 is 9.59 Å². The van der Waals surface area contributed by atoms with Crippen LogP contribution < -0.4 is 21.7 Å². The molecule has 5 N–H and O–H groups in total. The fraction of sp³-hybridized carbons (Fsp3) is 0.267. The van der Waals surface area contributed by atoms with Crippen molar-refractivity contribution in [2.24, 2.45) is 11.5 Å². The number of amides is 2. The fourth-order valence-electron chi connectivity index (χ4n) is 2.52. The highest BCUT2D eigenvalue weighted by Gasteiger charge is 2.31. The molecule has 24 heavy (non-hydrogen) atoms. The summed E-state index contributed by atoms with van der Waals surface area (Å²) in [6, 6.07) is 4.85. The molecule has 1 fully saturated rings. The molecule has 0 saturated carbocycles. The maximum absolute atomic E-state index is 11.7. The Kier molecular flexibility index (Phi) is 4.61. The number of carbonyl (C=O) groups is 2. The van der Waals surface area contributed by atoms with Crippen LogP contribution in [0.15, 0.2) is 24.4 Å². The van der Waals surface area contributed by atoms with Crippen LogP contribution in [0.4, 0.5) is 16.0 Å². The molecule has 2 aromatic rings. The minimum atomic E-state index is -0.646. The predicted molar refractivity (Wildman–Crippen MR) is 92.0 cm³/mol. The molecule has 2 amide bonds. The van der Waals surface area contributed by atoms with Crippen molar-refractivity contribution in [3.05, 3.63) is 36.5 Å². The van der Waals surface area contributed by atoms with Crippen molar-refractivity contribution in [1.29, 1.82) is 0 Å². The Bertz CT molecular complexity index is 748. The fourth-order valence-corrected chi connectivity index (χ4v) is 3.56. The van der Waals surface area contributed by atoms with Gasteiger partial charge in [0, 0.05) is 12.7 Å². The molecule has 9 heteroatoms. The van der Waals surface area contributed by atoms with Crippen molar-refractivity contribution in [2.75, 3.05) is 16.8 Å². The molecule has 125 valence electrons. The predicted octanol–water partition coefficient (Wildman–Crippen LogP) is 1.04. The zero-order chi connectivity index (χ0) is 17.1. The van der Waals surface area contributed by atoms with Crippen molar-refractivity contribution in [3.63, 3.8) is 0 Å². The van der Waals surface area contributed by atoms with E-state index in [2.05, 4.69) is 15.3 Å². The third-order valence-corrected chi connectivity index (χ3v) is 4.63. The van der Waals surface area contributed by atoms with Gasteiger partial charge in [-0.3, -0.25) is 9.59 Å². The maximum Gasteiger partial charge on any atom is 0.270 e. The third kappa shape index (κ3) is 3.30. The summed E-state index contributed by atoms with van der Waals surface area (Å²) in [5.74, 6) is -0.510. The van der Waals surface area contributed by atoms with E-state index < -0.39 is 17.9 Å². The smallest absolute Gasteiger partial charge is 0.270 e. The van der Waals surface area contributed by atoms with Crippen LogP contribution in [0.5, 0.6) is 0 Å². The summed E-state index contributed by atoms with van der Waals surface area (Å²) >= 11 is 1.25. The van der Waals surface area contributed by atoms with Crippen molar-refractivity contribution in [1.82, 2.24) is 9.97 Å². The summed E-state index contributed by atoms with van der Waals surface area (Å²) in [6.45, 7) is 0.638. The van der Waals surface area contributed by atoms with E-state index in [1.807, 2.05) is 12.5 Å². The van der Waals surface area contributed by atoms with Gasteiger partial charge >= 0.3 is 0 Å². The Morgan fingerprint density at radius 2 is 2.17 bits per heavy atom. The second-order valence-corrected chi connectivity index (χ2v) is 6.27. The van der Waals surface area contributed by atoms with Crippen LogP contribution in [0.2, 0.25) is 0 Å². The van der Waals surface area contributed by atoms with Crippen LogP contribution in [-0.2, 0) is 4.79 Å². The van der Waals surface area contributed by atoms with Gasteiger partial charge in [-0.25, -0.2) is 9.97 Å². The van der Waals surface area contributed by atoms with Crippen LogP contribution >= 0.6 is 11.3 Å². The number of anilines is 3. The van der Waals surface area contributed by atoms with Crippen LogP contribution in [0.25, 0.3) is 0 Å². The monoisotopic (exact) mass is 345 g/mol. The Morgan fingerprint density at radius 3 is 2.83 bits per heavy atom. The zero-order valence-corrected chi connectivity index (χ0v) is 13.6. The number of nitrogens with two attached hydrogens (primary N) is 2. The number of nitrogens with one attached hydrogen (secondary N) is 1. The van der Waals surface area contributed by atoms with Gasteiger partial charge in [0.25, 0.3) is 5.91 Å². The molecule has 1 atom stereocenters. The zero-order valence-electron chi connectivity index (χ0n) is 12.8. The van der Waals surface area contributed by atoms with E-state index in [1.54, 1.807) is 23.2 Å². The SMILES string of the molecule is NC(=O)c1nc(N2CCC[CH][C@@H]2C(N)=O)sc1Nc1ccccn1. The van der Waals surface area contributed by atoms with Crippen molar-refractivity contribution in [3.8, 4) is 0 Å². The Labute approximate surface area is 142 Å². The van der Waals surface area contributed by atoms with Gasteiger partial charge in [-0.1, -0.05) is 17.4 Å². The van der Waals surface area contributed by atoms with Gasteiger partial charge in [-0.05, 0) is 31.4 Å². The number of hydrogen-bond donors (Lipinski definition) is 3. The first-order valence-electron chi connectivity index (χ1n) is 7.44. The number of thiazole rings is 1. The third-order valence-electron chi connectivity index (χ3n) is 3.62. The molecule has 1 radical (unpaired) electrons. The molecule has 8 nitrogen and oxygen atoms in total. The first-order valence-corrected chi connectivity index (χ1v) is 8.26. The number of carbonyl (C=O) groups excluding carboxylic acids is 2. The standard InChI is InChI=1S/C15H17N6O2S/c16-12(22)9-5-2-4-8-21(9)15-20-11(13(17)23)14(24-15)19-10-6-1-3-7-18-10/h1,3,5-7,9H,2,4,8H2,(H2,16,22)(H2,17,23)(H,18,19)/t9-/m1/s1. The maximum atomic E-state index is 11.7. The van der Waals surface area contributed by atoms with Gasteiger partial charge in [0.2, 0.25) is 5.91 Å². The van der Waals surface area contributed by atoms with E-state index in [-0.39, 0.29) is 5.69 Å². The van der Waals surface area contributed by atoms with Gasteiger partial charge in [-0.15, -0.1) is 0 Å². The van der Waals surface area contributed by atoms with Crippen LogP contribution in [-0.4, -0.2) is 34.4 Å². The second-order valence-electron chi connectivity index (χ2n) is 5.30. The lowest BCUT2D eigenvalue weighted by atomic mass is 10.0. The Balaban J connectivity index is 1.93. The molecular weight excluding hydrogens is 328 g/mol. The lowest BCUT2D eigenvalue weighted by molar-refractivity contribution is -0.118. The number of aromatic nitrogens is 2. The molecule has 1 aliphatic rings. The van der Waals surface area contributed by atoms with Gasteiger partial charge in [0.05, 0.1) is 0 Å². The summed E-state index contributed by atoms with van der Waals surface area (Å²) in [4.78, 5) is 33.6. The normalized spacial score (nSPS) is 17.5. The van der Waals surface area contributed by atoms with E-state index >= 15 is 0 Å². The molecule has 1 aliphatic heterocycles. The summed E-state index contributed by atoms with van der Waals surface area (Å²) in [5.41, 5.74) is 11.0. The first kappa shape index (κ1) is 16.2. The van der Waals surface area contributed by atoms with Crippen molar-refractivity contribution >= 4 is 39.1 Å². The minimum absolute atomic E-state index is 0.120. The molecule has 0 spiro atoms. The Hall–Kier alpha value is -2.68. The molecule has 0 unspecified atom stereocenters. The molecular formula is C15H17N6O2S. The number of piperidine rings is 1. The van der Waals surface area contributed by atoms with Crippen LogP contribution in [0.3, 0.4) is 0 Å². The Morgan fingerprint density at radius 1 is 1.33 bits per heavy atom. The molecule has 0 aromatic carbocycles. The summed E-state index contributed by atoms with van der Waals surface area (Å²) in [7, 11) is 0. The number of pyridine rings is 1. The van der Waals surface area contributed by atoms with E-state index in [4.69, 9.17) is 11.5 Å². The minimum Gasteiger partial charge on any atom is -0.368 e. The first-order chi connectivity index (χ1) is 11.6. The number of nitrogens with zero attached hydrogens (tertiary/aromatic N) is 3. The number of hydrogen-bond acceptors (Lipinski definition) is 7. The van der Waals surface area contributed by atoms with Crippen LogP contribution in [0.1, 0.15) is 23.3 Å². The lowest BCUT2D eigenvalue weighted by Crippen LogP contribution is -2.48. The average molecular weight is 345 g/mol. The number of rotatable bonds is 5. The van der Waals surface area contributed by atoms with Gasteiger partial charge < -0.3 is 21.7 Å². The molecule has 3 heterocycles. The molecule has 2 aromatic heterocycles. The molecule has 0 bridgehead atoms. The quantitative estimate of drug-likeness (QED) is 0.743. The molecule has 0 aliphatic carbocycles. The highest BCUT2D eigenvalue weighted by atomic mass is 32.1. The van der Waals surface area contributed by atoms with Crippen molar-refractivity contribution in [2.45, 2.75) is 18.9 Å².